The van der Waals surface area contributed by atoms with Gasteiger partial charge >= 0.3 is 0 Å². The molecule has 0 bridgehead atoms. The molecule has 31 heavy (non-hydrogen) atoms. The van der Waals surface area contributed by atoms with Crippen LogP contribution in [0.4, 0.5) is 0 Å². The van der Waals surface area contributed by atoms with Crippen molar-refractivity contribution in [3.63, 3.8) is 0 Å². The smallest absolute Gasteiger partial charge is 0.272 e. The molecule has 4 heterocycles. The molecule has 0 aliphatic carbocycles. The number of nitrogens with zero attached hydrogens (tertiary/aromatic N) is 6. The van der Waals surface area contributed by atoms with E-state index in [4.69, 9.17) is 4.98 Å². The molecule has 5 rings (SSSR count). The van der Waals surface area contributed by atoms with Gasteiger partial charge in [-0.05, 0) is 30.5 Å². The Morgan fingerprint density at radius 3 is 2.55 bits per heavy atom. The lowest BCUT2D eigenvalue weighted by Gasteiger charge is -2.34. The van der Waals surface area contributed by atoms with Gasteiger partial charge in [-0.1, -0.05) is 36.0 Å². The van der Waals surface area contributed by atoms with Gasteiger partial charge in [-0.25, -0.2) is 9.97 Å². The normalized spacial score (nSPS) is 14.9. The number of para-hydroxylation sites is 1. The van der Waals surface area contributed by atoms with E-state index in [1.165, 1.54) is 0 Å². The second kappa shape index (κ2) is 8.56. The van der Waals surface area contributed by atoms with E-state index in [0.29, 0.717) is 18.8 Å². The van der Waals surface area contributed by atoms with Crippen molar-refractivity contribution >= 4 is 23.3 Å². The van der Waals surface area contributed by atoms with Crippen LogP contribution in [0.3, 0.4) is 0 Å². The number of fused-ring (bicyclic) bond motifs is 1. The van der Waals surface area contributed by atoms with Crippen LogP contribution < -0.4 is 0 Å². The van der Waals surface area contributed by atoms with E-state index in [2.05, 4.69) is 16.1 Å². The maximum atomic E-state index is 13.3. The molecule has 0 unspecified atom stereocenters. The Kier molecular flexibility index (Phi) is 5.48. The molecule has 1 fully saturated rings. The Hall–Kier alpha value is -3.10. The van der Waals surface area contributed by atoms with Gasteiger partial charge in [0.25, 0.3) is 5.91 Å². The van der Waals surface area contributed by atoms with Gasteiger partial charge in [0.15, 0.2) is 5.16 Å². The number of thioether (sulfide) groups is 1. The lowest BCUT2D eigenvalue weighted by Crippen LogP contribution is -2.48. The van der Waals surface area contributed by atoms with Crippen molar-refractivity contribution < 1.29 is 4.79 Å². The van der Waals surface area contributed by atoms with E-state index in [1.54, 1.807) is 18.0 Å². The zero-order chi connectivity index (χ0) is 21.2. The summed E-state index contributed by atoms with van der Waals surface area (Å²) in [6.45, 7) is 3.84. The Morgan fingerprint density at radius 1 is 1.03 bits per heavy atom. The van der Waals surface area contributed by atoms with Crippen molar-refractivity contribution in [2.75, 3.05) is 32.4 Å². The van der Waals surface area contributed by atoms with Crippen molar-refractivity contribution in [2.45, 2.75) is 11.7 Å². The van der Waals surface area contributed by atoms with E-state index in [0.717, 1.165) is 41.8 Å². The van der Waals surface area contributed by atoms with Gasteiger partial charge in [0, 0.05) is 50.8 Å². The van der Waals surface area contributed by atoms with Gasteiger partial charge in [-0.3, -0.25) is 14.3 Å². The predicted octanol–water partition coefficient (Wildman–Crippen LogP) is 3.20. The number of hydrogen-bond acceptors (Lipinski definition) is 5. The quantitative estimate of drug-likeness (QED) is 0.453. The number of hydrogen-bond donors (Lipinski definition) is 0. The summed E-state index contributed by atoms with van der Waals surface area (Å²) in [6, 6.07) is 16.0. The molecule has 8 heteroatoms. The lowest BCUT2D eigenvalue weighted by atomic mass is 10.2. The molecule has 1 aliphatic rings. The summed E-state index contributed by atoms with van der Waals surface area (Å²) in [5.41, 5.74) is 3.59. The Morgan fingerprint density at radius 2 is 1.81 bits per heavy atom. The maximum Gasteiger partial charge on any atom is 0.272 e. The molecule has 158 valence electrons. The summed E-state index contributed by atoms with van der Waals surface area (Å²) in [4.78, 5) is 26.8. The fraction of sp³-hybridized carbons (Fsp3) is 0.261. The van der Waals surface area contributed by atoms with Gasteiger partial charge in [0.2, 0.25) is 0 Å². The van der Waals surface area contributed by atoms with Crippen LogP contribution >= 0.6 is 11.8 Å². The standard InChI is InChI=1S/C23H24N6OS/c1-31-23-24-15-20(29(23)19-7-3-2-4-8-19)22(30)27-13-11-26(12-14-27)16-18-17-28-10-6-5-9-21(28)25-18/h2-10,15,17H,11-14,16H2,1H3. The van der Waals surface area contributed by atoms with Crippen molar-refractivity contribution in [2.24, 2.45) is 0 Å². The third kappa shape index (κ3) is 3.96. The van der Waals surface area contributed by atoms with Gasteiger partial charge in [-0.2, -0.15) is 0 Å². The summed E-state index contributed by atoms with van der Waals surface area (Å²) >= 11 is 1.54. The number of piperazine rings is 1. The molecular formula is C23H24N6OS. The molecule has 7 nitrogen and oxygen atoms in total. The summed E-state index contributed by atoms with van der Waals surface area (Å²) in [5, 5.41) is 0.819. The SMILES string of the molecule is CSc1ncc(C(=O)N2CCN(Cc3cn4ccccc4n3)CC2)n1-c1ccccc1. The summed E-state index contributed by atoms with van der Waals surface area (Å²) < 4.78 is 4.00. The van der Waals surface area contributed by atoms with E-state index < -0.39 is 0 Å². The van der Waals surface area contributed by atoms with Gasteiger partial charge in [0.1, 0.15) is 11.3 Å². The monoisotopic (exact) mass is 432 g/mol. The first-order chi connectivity index (χ1) is 15.2. The first-order valence-electron chi connectivity index (χ1n) is 10.3. The molecule has 1 aromatic carbocycles. The lowest BCUT2D eigenvalue weighted by molar-refractivity contribution is 0.0619. The van der Waals surface area contributed by atoms with E-state index in [9.17, 15) is 4.79 Å². The molecule has 4 aromatic rings. The minimum atomic E-state index is 0.0315. The number of rotatable bonds is 5. The number of carbonyl (C=O) groups excluding carboxylic acids is 1. The van der Waals surface area contributed by atoms with Crippen molar-refractivity contribution in [1.82, 2.24) is 28.7 Å². The molecule has 0 atom stereocenters. The number of aromatic nitrogens is 4. The topological polar surface area (TPSA) is 58.7 Å². The van der Waals surface area contributed by atoms with Crippen LogP contribution in [0.2, 0.25) is 0 Å². The molecule has 1 saturated heterocycles. The number of carbonyl (C=O) groups is 1. The predicted molar refractivity (Wildman–Crippen MR) is 122 cm³/mol. The molecule has 1 amide bonds. The summed E-state index contributed by atoms with van der Waals surface area (Å²) in [5.74, 6) is 0.0315. The van der Waals surface area contributed by atoms with Gasteiger partial charge in [-0.15, -0.1) is 0 Å². The number of amides is 1. The highest BCUT2D eigenvalue weighted by Gasteiger charge is 2.26. The highest BCUT2D eigenvalue weighted by Crippen LogP contribution is 2.23. The van der Waals surface area contributed by atoms with Gasteiger partial charge in [0.05, 0.1) is 11.9 Å². The number of pyridine rings is 1. The second-order valence-electron chi connectivity index (χ2n) is 7.57. The van der Waals surface area contributed by atoms with Crippen molar-refractivity contribution in [3.05, 3.63) is 78.5 Å². The van der Waals surface area contributed by atoms with Crippen molar-refractivity contribution in [1.29, 1.82) is 0 Å². The molecule has 3 aromatic heterocycles. The van der Waals surface area contributed by atoms with Crippen LogP contribution in [0.5, 0.6) is 0 Å². The molecule has 1 aliphatic heterocycles. The average Bonchev–Trinajstić information content (AvgIpc) is 3.43. The van der Waals surface area contributed by atoms with Crippen LogP contribution in [0.15, 0.2) is 72.3 Å². The molecule has 0 spiro atoms. The van der Waals surface area contributed by atoms with Crippen LogP contribution in [-0.2, 0) is 6.54 Å². The van der Waals surface area contributed by atoms with Crippen LogP contribution in [0, 0.1) is 0 Å². The number of benzene rings is 1. The third-order valence-corrected chi connectivity index (χ3v) is 6.26. The van der Waals surface area contributed by atoms with Gasteiger partial charge < -0.3 is 9.30 Å². The zero-order valence-corrected chi connectivity index (χ0v) is 18.2. The Balaban J connectivity index is 1.28. The fourth-order valence-electron chi connectivity index (χ4n) is 4.02. The molecule has 0 N–H and O–H groups in total. The minimum absolute atomic E-state index is 0.0315. The van der Waals surface area contributed by atoms with Crippen LogP contribution in [-0.4, -0.2) is 67.1 Å². The minimum Gasteiger partial charge on any atom is -0.335 e. The Labute approximate surface area is 185 Å². The molecule has 0 radical (unpaired) electrons. The average molecular weight is 433 g/mol. The highest BCUT2D eigenvalue weighted by molar-refractivity contribution is 7.98. The Bertz CT molecular complexity index is 1160. The van der Waals surface area contributed by atoms with Crippen LogP contribution in [0.25, 0.3) is 11.3 Å². The summed E-state index contributed by atoms with van der Waals surface area (Å²) in [6.07, 6.45) is 7.77. The molecular weight excluding hydrogens is 408 g/mol. The highest BCUT2D eigenvalue weighted by atomic mass is 32.2. The summed E-state index contributed by atoms with van der Waals surface area (Å²) in [7, 11) is 0. The fourth-order valence-corrected chi connectivity index (χ4v) is 4.56. The maximum absolute atomic E-state index is 13.3. The first-order valence-corrected chi connectivity index (χ1v) is 11.6. The second-order valence-corrected chi connectivity index (χ2v) is 8.34. The molecule has 0 saturated carbocycles. The zero-order valence-electron chi connectivity index (χ0n) is 17.4. The van der Waals surface area contributed by atoms with Crippen LogP contribution in [0.1, 0.15) is 16.2 Å². The number of imidazole rings is 2. The first kappa shape index (κ1) is 19.8. The van der Waals surface area contributed by atoms with Crippen molar-refractivity contribution in [3.8, 4) is 5.69 Å². The van der Waals surface area contributed by atoms with E-state index in [1.807, 2.05) is 74.9 Å². The third-order valence-electron chi connectivity index (χ3n) is 5.60. The van der Waals surface area contributed by atoms with E-state index in [-0.39, 0.29) is 5.91 Å². The van der Waals surface area contributed by atoms with E-state index >= 15 is 0 Å². The largest absolute Gasteiger partial charge is 0.335 e.